The van der Waals surface area contributed by atoms with Crippen molar-refractivity contribution in [2.75, 3.05) is 37.5 Å². The zero-order valence-electron chi connectivity index (χ0n) is 8.90. The molecule has 15 heavy (non-hydrogen) atoms. The van der Waals surface area contributed by atoms with Crippen LogP contribution in [0.2, 0.25) is 0 Å². The molecule has 0 aromatic rings. The van der Waals surface area contributed by atoms with Gasteiger partial charge in [-0.05, 0) is 0 Å². The molecule has 1 amide bonds. The number of amides is 1. The van der Waals surface area contributed by atoms with E-state index >= 15 is 0 Å². The standard InChI is InChI=1S/C9H18N2O2S2/c1-13-5-8(10)9(12)11-4-7-6-14-2-3-15-7/h7-8H,2-6,10H2,1H3,(H,11,12). The maximum atomic E-state index is 11.4. The summed E-state index contributed by atoms with van der Waals surface area (Å²) in [6.45, 7) is 0.992. The molecule has 4 nitrogen and oxygen atoms in total. The van der Waals surface area contributed by atoms with Crippen LogP contribution in [-0.2, 0) is 9.53 Å². The van der Waals surface area contributed by atoms with Crippen LogP contribution in [0.4, 0.5) is 0 Å². The quantitative estimate of drug-likeness (QED) is 0.715. The molecule has 3 N–H and O–H groups in total. The van der Waals surface area contributed by atoms with Crippen LogP contribution in [0.5, 0.6) is 0 Å². The third-order valence-corrected chi connectivity index (χ3v) is 4.92. The zero-order chi connectivity index (χ0) is 11.1. The number of hydrogen-bond acceptors (Lipinski definition) is 5. The van der Waals surface area contributed by atoms with Gasteiger partial charge in [-0.2, -0.15) is 23.5 Å². The molecule has 0 spiro atoms. The van der Waals surface area contributed by atoms with E-state index in [1.54, 1.807) is 7.11 Å². The molecule has 2 atom stereocenters. The van der Waals surface area contributed by atoms with Gasteiger partial charge >= 0.3 is 0 Å². The maximum Gasteiger partial charge on any atom is 0.239 e. The molecule has 1 fully saturated rings. The van der Waals surface area contributed by atoms with Crippen molar-refractivity contribution in [3.05, 3.63) is 0 Å². The molecule has 2 unspecified atom stereocenters. The van der Waals surface area contributed by atoms with Gasteiger partial charge in [0, 0.05) is 36.2 Å². The molecule has 0 bridgehead atoms. The molecular weight excluding hydrogens is 232 g/mol. The van der Waals surface area contributed by atoms with Crippen molar-refractivity contribution in [3.8, 4) is 0 Å². The smallest absolute Gasteiger partial charge is 0.239 e. The van der Waals surface area contributed by atoms with Crippen LogP contribution in [-0.4, -0.2) is 54.7 Å². The fourth-order valence-corrected chi connectivity index (χ4v) is 3.87. The number of thioether (sulfide) groups is 2. The fraction of sp³-hybridized carbons (Fsp3) is 0.889. The summed E-state index contributed by atoms with van der Waals surface area (Å²) in [5.74, 6) is 3.39. The van der Waals surface area contributed by atoms with Crippen LogP contribution < -0.4 is 11.1 Å². The summed E-state index contributed by atoms with van der Waals surface area (Å²) >= 11 is 3.87. The topological polar surface area (TPSA) is 64.3 Å². The number of methoxy groups -OCH3 is 1. The Kier molecular flexibility index (Phi) is 6.47. The van der Waals surface area contributed by atoms with E-state index in [9.17, 15) is 4.79 Å². The van der Waals surface area contributed by atoms with Gasteiger partial charge in [-0.3, -0.25) is 4.79 Å². The van der Waals surface area contributed by atoms with Crippen molar-refractivity contribution in [1.82, 2.24) is 5.32 Å². The maximum absolute atomic E-state index is 11.4. The van der Waals surface area contributed by atoms with E-state index < -0.39 is 6.04 Å². The highest BCUT2D eigenvalue weighted by Crippen LogP contribution is 2.23. The summed E-state index contributed by atoms with van der Waals surface area (Å²) in [6, 6.07) is -0.545. The molecule has 6 heteroatoms. The molecule has 1 heterocycles. The minimum Gasteiger partial charge on any atom is -0.383 e. The lowest BCUT2D eigenvalue weighted by atomic mass is 10.3. The number of carbonyl (C=O) groups is 1. The highest BCUT2D eigenvalue weighted by atomic mass is 32.2. The van der Waals surface area contributed by atoms with Gasteiger partial charge in [-0.1, -0.05) is 0 Å². The van der Waals surface area contributed by atoms with Crippen molar-refractivity contribution in [1.29, 1.82) is 0 Å². The van der Waals surface area contributed by atoms with Gasteiger partial charge in [0.05, 0.1) is 6.61 Å². The SMILES string of the molecule is COCC(N)C(=O)NCC1CSCCS1. The number of hydrogen-bond donors (Lipinski definition) is 2. The molecule has 0 aliphatic carbocycles. The molecular formula is C9H18N2O2S2. The summed E-state index contributed by atoms with van der Waals surface area (Å²) in [7, 11) is 1.54. The largest absolute Gasteiger partial charge is 0.383 e. The van der Waals surface area contributed by atoms with E-state index in [0.717, 1.165) is 5.75 Å². The number of nitrogens with one attached hydrogen (secondary N) is 1. The highest BCUT2D eigenvalue weighted by Gasteiger charge is 2.17. The van der Waals surface area contributed by atoms with Crippen LogP contribution in [0.1, 0.15) is 0 Å². The van der Waals surface area contributed by atoms with Crippen LogP contribution in [0.3, 0.4) is 0 Å². The highest BCUT2D eigenvalue weighted by molar-refractivity contribution is 8.06. The number of ether oxygens (including phenoxy) is 1. The molecule has 1 aliphatic rings. The van der Waals surface area contributed by atoms with E-state index in [1.807, 2.05) is 23.5 Å². The van der Waals surface area contributed by atoms with Gasteiger partial charge in [0.2, 0.25) is 5.91 Å². The Morgan fingerprint density at radius 1 is 1.67 bits per heavy atom. The van der Waals surface area contributed by atoms with Crippen molar-refractivity contribution < 1.29 is 9.53 Å². The third-order valence-electron chi connectivity index (χ3n) is 2.07. The molecule has 0 radical (unpaired) electrons. The summed E-state index contributed by atoms with van der Waals surface area (Å²) < 4.78 is 4.82. The Hall–Kier alpha value is 0.0900. The lowest BCUT2D eigenvalue weighted by Gasteiger charge is -2.21. The fourth-order valence-electron chi connectivity index (χ4n) is 1.26. The number of carbonyl (C=O) groups excluding carboxylic acids is 1. The first-order chi connectivity index (χ1) is 7.24. The molecule has 1 rings (SSSR count). The minimum atomic E-state index is -0.545. The van der Waals surface area contributed by atoms with E-state index in [-0.39, 0.29) is 12.5 Å². The van der Waals surface area contributed by atoms with Crippen molar-refractivity contribution in [2.45, 2.75) is 11.3 Å². The molecule has 88 valence electrons. The lowest BCUT2D eigenvalue weighted by Crippen LogP contribution is -2.45. The van der Waals surface area contributed by atoms with Gasteiger partial charge < -0.3 is 15.8 Å². The van der Waals surface area contributed by atoms with Gasteiger partial charge in [-0.15, -0.1) is 0 Å². The van der Waals surface area contributed by atoms with Crippen molar-refractivity contribution in [2.24, 2.45) is 5.73 Å². The van der Waals surface area contributed by atoms with Gasteiger partial charge in [0.1, 0.15) is 6.04 Å². The van der Waals surface area contributed by atoms with E-state index in [2.05, 4.69) is 5.32 Å². The molecule has 0 aromatic heterocycles. The molecule has 1 aliphatic heterocycles. The van der Waals surface area contributed by atoms with Crippen LogP contribution in [0.25, 0.3) is 0 Å². The summed E-state index contributed by atoms with van der Waals surface area (Å²) in [6.07, 6.45) is 0. The second kappa shape index (κ2) is 7.38. The Bertz CT molecular complexity index is 199. The molecule has 0 saturated carbocycles. The Balaban J connectivity index is 2.14. The molecule has 0 aromatic carbocycles. The summed E-state index contributed by atoms with van der Waals surface area (Å²) in [4.78, 5) is 11.4. The van der Waals surface area contributed by atoms with Gasteiger partial charge in [0.15, 0.2) is 0 Å². The average Bonchev–Trinajstić information content (AvgIpc) is 2.27. The van der Waals surface area contributed by atoms with Gasteiger partial charge in [0.25, 0.3) is 0 Å². The van der Waals surface area contributed by atoms with Gasteiger partial charge in [-0.25, -0.2) is 0 Å². The first-order valence-electron chi connectivity index (χ1n) is 4.95. The third kappa shape index (κ3) is 5.10. The first kappa shape index (κ1) is 13.2. The molecule has 1 saturated heterocycles. The monoisotopic (exact) mass is 250 g/mol. The van der Waals surface area contributed by atoms with Crippen molar-refractivity contribution >= 4 is 29.4 Å². The summed E-state index contributed by atoms with van der Waals surface area (Å²) in [5, 5.41) is 3.39. The first-order valence-corrected chi connectivity index (χ1v) is 7.16. The second-order valence-corrected chi connectivity index (χ2v) is 5.93. The van der Waals surface area contributed by atoms with E-state index in [0.29, 0.717) is 11.8 Å². The van der Waals surface area contributed by atoms with Crippen LogP contribution in [0, 0.1) is 0 Å². The predicted octanol–water partition coefficient (Wildman–Crippen LogP) is -0.0751. The van der Waals surface area contributed by atoms with Crippen LogP contribution in [0.15, 0.2) is 0 Å². The predicted molar refractivity (Wildman–Crippen MR) is 66.4 cm³/mol. The lowest BCUT2D eigenvalue weighted by molar-refractivity contribution is -0.123. The van der Waals surface area contributed by atoms with E-state index in [4.69, 9.17) is 10.5 Å². The second-order valence-electron chi connectivity index (χ2n) is 3.37. The zero-order valence-corrected chi connectivity index (χ0v) is 10.5. The van der Waals surface area contributed by atoms with E-state index in [1.165, 1.54) is 11.5 Å². The number of nitrogens with two attached hydrogens (primary N) is 1. The Morgan fingerprint density at radius 2 is 2.47 bits per heavy atom. The van der Waals surface area contributed by atoms with Crippen molar-refractivity contribution in [3.63, 3.8) is 0 Å². The number of rotatable bonds is 5. The average molecular weight is 250 g/mol. The van der Waals surface area contributed by atoms with Crippen LogP contribution >= 0.6 is 23.5 Å². The summed E-state index contributed by atoms with van der Waals surface area (Å²) in [5.41, 5.74) is 5.59. The Labute approximate surface area is 99.1 Å². The normalized spacial score (nSPS) is 23.5. The Morgan fingerprint density at radius 3 is 3.07 bits per heavy atom. The minimum absolute atomic E-state index is 0.118.